The Morgan fingerprint density at radius 2 is 1.97 bits per heavy atom. The standard InChI is InChI=1S/C23H30ClNO4S/c1-16-14-23(22-18(7-8-29-23)13-21(24)30-22)15-20(25-16)17-3-5-19(6-4-17)28-12-11-27-10-9-26-2/h3-6,13,16,20,25H,7-12,14-15H2,1-2H3. The lowest BCUT2D eigenvalue weighted by molar-refractivity contribution is -0.0954. The van der Waals surface area contributed by atoms with Crippen LogP contribution in [0.2, 0.25) is 4.34 Å². The molecule has 5 nitrogen and oxygen atoms in total. The quantitative estimate of drug-likeness (QED) is 0.588. The van der Waals surface area contributed by atoms with E-state index in [1.165, 1.54) is 16.0 Å². The molecule has 4 rings (SSSR count). The third-order valence-electron chi connectivity index (χ3n) is 5.81. The van der Waals surface area contributed by atoms with E-state index >= 15 is 0 Å². The van der Waals surface area contributed by atoms with Gasteiger partial charge in [0.05, 0.1) is 30.8 Å². The second-order valence-corrected chi connectivity index (χ2v) is 9.73. The molecule has 1 spiro atoms. The maximum Gasteiger partial charge on any atom is 0.119 e. The molecule has 2 aliphatic heterocycles. The number of methoxy groups -OCH3 is 1. The lowest BCUT2D eigenvalue weighted by atomic mass is 9.78. The van der Waals surface area contributed by atoms with Crippen LogP contribution in [0.5, 0.6) is 5.75 Å². The fourth-order valence-corrected chi connectivity index (χ4v) is 6.00. The number of halogens is 1. The molecule has 3 atom stereocenters. The molecule has 2 aromatic rings. The predicted molar refractivity (Wildman–Crippen MR) is 120 cm³/mol. The van der Waals surface area contributed by atoms with Crippen LogP contribution in [0, 0.1) is 0 Å². The van der Waals surface area contributed by atoms with Crippen molar-refractivity contribution < 1.29 is 18.9 Å². The maximum atomic E-state index is 6.45. The molecule has 3 unspecified atom stereocenters. The number of nitrogens with one attached hydrogen (secondary N) is 1. The number of ether oxygens (including phenoxy) is 4. The van der Waals surface area contributed by atoms with E-state index in [9.17, 15) is 0 Å². The van der Waals surface area contributed by atoms with E-state index in [-0.39, 0.29) is 11.6 Å². The molecule has 7 heteroatoms. The van der Waals surface area contributed by atoms with E-state index in [0.717, 1.165) is 36.0 Å². The largest absolute Gasteiger partial charge is 0.491 e. The zero-order chi connectivity index (χ0) is 21.0. The van der Waals surface area contributed by atoms with E-state index in [1.54, 1.807) is 18.4 Å². The highest BCUT2D eigenvalue weighted by molar-refractivity contribution is 7.16. The highest BCUT2D eigenvalue weighted by Crippen LogP contribution is 2.50. The second-order valence-electron chi connectivity index (χ2n) is 8.05. The first-order valence-corrected chi connectivity index (χ1v) is 11.8. The van der Waals surface area contributed by atoms with Gasteiger partial charge in [-0.15, -0.1) is 11.3 Å². The Labute approximate surface area is 187 Å². The van der Waals surface area contributed by atoms with Gasteiger partial charge in [0.25, 0.3) is 0 Å². The molecule has 1 fully saturated rings. The van der Waals surface area contributed by atoms with Gasteiger partial charge in [-0.2, -0.15) is 0 Å². The summed E-state index contributed by atoms with van der Waals surface area (Å²) in [6, 6.07) is 11.1. The van der Waals surface area contributed by atoms with E-state index in [4.69, 9.17) is 30.5 Å². The van der Waals surface area contributed by atoms with Crippen molar-refractivity contribution in [3.63, 3.8) is 0 Å². The molecule has 1 aromatic heterocycles. The SMILES string of the molecule is COCCOCCOc1ccc(C2CC3(CC(C)N2)OCCc2cc(Cl)sc23)cc1. The predicted octanol–water partition coefficient (Wildman–Crippen LogP) is 4.72. The maximum absolute atomic E-state index is 6.45. The number of benzene rings is 1. The van der Waals surface area contributed by atoms with Crippen molar-refractivity contribution in [1.82, 2.24) is 5.32 Å². The van der Waals surface area contributed by atoms with E-state index in [2.05, 4.69) is 30.4 Å². The number of piperidine rings is 1. The zero-order valence-corrected chi connectivity index (χ0v) is 19.2. The number of hydrogen-bond donors (Lipinski definition) is 1. The molecule has 30 heavy (non-hydrogen) atoms. The zero-order valence-electron chi connectivity index (χ0n) is 17.6. The van der Waals surface area contributed by atoms with Gasteiger partial charge in [-0.05, 0) is 49.1 Å². The smallest absolute Gasteiger partial charge is 0.119 e. The molecular formula is C23H30ClNO4S. The summed E-state index contributed by atoms with van der Waals surface area (Å²) in [6.07, 6.45) is 2.83. The fraction of sp³-hybridized carbons (Fsp3) is 0.565. The Bertz CT molecular complexity index is 827. The summed E-state index contributed by atoms with van der Waals surface area (Å²) in [4.78, 5) is 1.32. The van der Waals surface area contributed by atoms with Crippen molar-refractivity contribution >= 4 is 22.9 Å². The average molecular weight is 452 g/mol. The van der Waals surface area contributed by atoms with Crippen molar-refractivity contribution in [2.45, 2.75) is 43.9 Å². The van der Waals surface area contributed by atoms with Crippen LogP contribution in [-0.2, 0) is 26.2 Å². The number of thiophene rings is 1. The van der Waals surface area contributed by atoms with Gasteiger partial charge in [-0.1, -0.05) is 23.7 Å². The van der Waals surface area contributed by atoms with Crippen LogP contribution in [0.15, 0.2) is 30.3 Å². The molecule has 164 valence electrons. The van der Waals surface area contributed by atoms with Gasteiger partial charge < -0.3 is 24.3 Å². The van der Waals surface area contributed by atoms with Gasteiger partial charge in [0.2, 0.25) is 0 Å². The van der Waals surface area contributed by atoms with Crippen molar-refractivity contribution in [1.29, 1.82) is 0 Å². The van der Waals surface area contributed by atoms with E-state index in [1.807, 2.05) is 12.1 Å². The van der Waals surface area contributed by atoms with E-state index in [0.29, 0.717) is 32.5 Å². The Morgan fingerprint density at radius 1 is 1.17 bits per heavy atom. The first-order chi connectivity index (χ1) is 14.6. The summed E-state index contributed by atoms with van der Waals surface area (Å²) >= 11 is 8.04. The van der Waals surface area contributed by atoms with Crippen LogP contribution in [0.25, 0.3) is 0 Å². The highest BCUT2D eigenvalue weighted by atomic mass is 35.5. The first kappa shape index (κ1) is 22.1. The van der Waals surface area contributed by atoms with Crippen molar-refractivity contribution in [3.8, 4) is 5.75 Å². The molecule has 0 saturated carbocycles. The van der Waals surface area contributed by atoms with Crippen molar-refractivity contribution in [2.24, 2.45) is 0 Å². The van der Waals surface area contributed by atoms with Gasteiger partial charge >= 0.3 is 0 Å². The topological polar surface area (TPSA) is 49.0 Å². The molecule has 2 aliphatic rings. The minimum absolute atomic E-state index is 0.229. The molecule has 3 heterocycles. The van der Waals surface area contributed by atoms with Crippen LogP contribution in [-0.4, -0.2) is 46.2 Å². The minimum Gasteiger partial charge on any atom is -0.491 e. The summed E-state index contributed by atoms with van der Waals surface area (Å²) in [5.74, 6) is 0.855. The molecule has 0 bridgehead atoms. The van der Waals surface area contributed by atoms with Gasteiger partial charge in [0.15, 0.2) is 0 Å². The van der Waals surface area contributed by atoms with Crippen LogP contribution in [0.1, 0.15) is 41.8 Å². The van der Waals surface area contributed by atoms with Crippen LogP contribution in [0.3, 0.4) is 0 Å². The third kappa shape index (κ3) is 5.01. The minimum atomic E-state index is -0.241. The fourth-order valence-electron chi connectivity index (χ4n) is 4.53. The van der Waals surface area contributed by atoms with Crippen LogP contribution < -0.4 is 10.1 Å². The van der Waals surface area contributed by atoms with Gasteiger partial charge in [0, 0.05) is 30.5 Å². The summed E-state index contributed by atoms with van der Waals surface area (Å²) in [5, 5.41) is 3.75. The molecule has 1 N–H and O–H groups in total. The molecule has 1 saturated heterocycles. The van der Waals surface area contributed by atoms with Crippen LogP contribution >= 0.6 is 22.9 Å². The first-order valence-electron chi connectivity index (χ1n) is 10.6. The summed E-state index contributed by atoms with van der Waals surface area (Å²) in [6.45, 7) is 5.27. The Kier molecular flexibility index (Phi) is 7.34. The summed E-state index contributed by atoms with van der Waals surface area (Å²) < 4.78 is 23.5. The Hall–Kier alpha value is -1.15. The van der Waals surface area contributed by atoms with Gasteiger partial charge in [-0.25, -0.2) is 0 Å². The number of rotatable bonds is 8. The molecule has 0 radical (unpaired) electrons. The number of fused-ring (bicyclic) bond motifs is 2. The molecule has 0 amide bonds. The summed E-state index contributed by atoms with van der Waals surface area (Å²) in [5.41, 5.74) is 2.37. The monoisotopic (exact) mass is 451 g/mol. The normalized spacial score (nSPS) is 26.0. The van der Waals surface area contributed by atoms with Crippen molar-refractivity contribution in [2.75, 3.05) is 40.1 Å². The average Bonchev–Trinajstić information content (AvgIpc) is 3.13. The Balaban J connectivity index is 1.41. The molecular weight excluding hydrogens is 422 g/mol. The third-order valence-corrected chi connectivity index (χ3v) is 7.30. The summed E-state index contributed by atoms with van der Waals surface area (Å²) in [7, 11) is 1.67. The van der Waals surface area contributed by atoms with Crippen LogP contribution in [0.4, 0.5) is 0 Å². The lowest BCUT2D eigenvalue weighted by Crippen LogP contribution is -2.49. The highest BCUT2D eigenvalue weighted by Gasteiger charge is 2.46. The molecule has 1 aromatic carbocycles. The molecule has 0 aliphatic carbocycles. The van der Waals surface area contributed by atoms with Gasteiger partial charge in [-0.3, -0.25) is 0 Å². The number of hydrogen-bond acceptors (Lipinski definition) is 6. The van der Waals surface area contributed by atoms with Gasteiger partial charge in [0.1, 0.15) is 18.0 Å². The second kappa shape index (κ2) is 9.98. The van der Waals surface area contributed by atoms with Crippen molar-refractivity contribution in [3.05, 3.63) is 50.7 Å². The Morgan fingerprint density at radius 3 is 2.77 bits per heavy atom. The lowest BCUT2D eigenvalue weighted by Gasteiger charge is -2.46. The van der Waals surface area contributed by atoms with E-state index < -0.39 is 0 Å².